The van der Waals surface area contributed by atoms with Gasteiger partial charge >= 0.3 is 0 Å². The summed E-state index contributed by atoms with van der Waals surface area (Å²) >= 11 is 0. The van der Waals surface area contributed by atoms with E-state index >= 15 is 0 Å². The molecular formula is C20H33N3O3S. The van der Waals surface area contributed by atoms with Gasteiger partial charge in [-0.05, 0) is 44.9 Å². The summed E-state index contributed by atoms with van der Waals surface area (Å²) in [4.78, 5) is 15.0. The molecule has 1 aromatic carbocycles. The van der Waals surface area contributed by atoms with Gasteiger partial charge in [0.05, 0.1) is 11.4 Å². The van der Waals surface area contributed by atoms with Crippen molar-refractivity contribution in [3.63, 3.8) is 0 Å². The highest BCUT2D eigenvalue weighted by Crippen LogP contribution is 2.25. The van der Waals surface area contributed by atoms with Crippen LogP contribution in [-0.4, -0.2) is 55.2 Å². The Kier molecular flexibility index (Phi) is 7.82. The van der Waals surface area contributed by atoms with E-state index in [9.17, 15) is 13.2 Å². The van der Waals surface area contributed by atoms with Crippen molar-refractivity contribution < 1.29 is 13.2 Å². The molecule has 1 amide bonds. The topological polar surface area (TPSA) is 69.7 Å². The van der Waals surface area contributed by atoms with Gasteiger partial charge in [0.1, 0.15) is 0 Å². The highest BCUT2D eigenvalue weighted by atomic mass is 32.2. The van der Waals surface area contributed by atoms with E-state index < -0.39 is 10.0 Å². The molecule has 0 aliphatic heterocycles. The maximum Gasteiger partial charge on any atom is 0.243 e. The Balaban J connectivity index is 2.10. The molecule has 0 saturated heterocycles. The fourth-order valence-corrected chi connectivity index (χ4v) is 5.29. The number of hydrogen-bond acceptors (Lipinski definition) is 4. The first-order chi connectivity index (χ1) is 12.8. The largest absolute Gasteiger partial charge is 0.325 e. The number of benzene rings is 1. The van der Waals surface area contributed by atoms with E-state index in [2.05, 4.69) is 24.1 Å². The van der Waals surface area contributed by atoms with Gasteiger partial charge in [0, 0.05) is 30.9 Å². The van der Waals surface area contributed by atoms with Crippen LogP contribution < -0.4 is 5.32 Å². The predicted molar refractivity (Wildman–Crippen MR) is 109 cm³/mol. The molecule has 1 N–H and O–H groups in total. The number of nitrogens with one attached hydrogen (secondary N) is 1. The lowest BCUT2D eigenvalue weighted by molar-refractivity contribution is -0.118. The SMILES string of the molecule is CCN(CC)S(=O)(=O)c1cccc(NC(=O)CN(C(C)C)C2CCCC2)c1. The van der Waals surface area contributed by atoms with Crippen LogP contribution in [0, 0.1) is 0 Å². The van der Waals surface area contributed by atoms with E-state index in [0.717, 1.165) is 12.8 Å². The number of rotatable bonds is 9. The highest BCUT2D eigenvalue weighted by Gasteiger charge is 2.26. The number of carbonyl (C=O) groups is 1. The molecule has 6 nitrogen and oxygen atoms in total. The smallest absolute Gasteiger partial charge is 0.243 e. The highest BCUT2D eigenvalue weighted by molar-refractivity contribution is 7.89. The van der Waals surface area contributed by atoms with Gasteiger partial charge in [0.25, 0.3) is 0 Å². The van der Waals surface area contributed by atoms with Crippen molar-refractivity contribution in [3.8, 4) is 0 Å². The summed E-state index contributed by atoms with van der Waals surface area (Å²) in [6, 6.07) is 7.28. The van der Waals surface area contributed by atoms with Crippen molar-refractivity contribution in [1.29, 1.82) is 0 Å². The second-order valence-electron chi connectivity index (χ2n) is 7.37. The van der Waals surface area contributed by atoms with E-state index in [1.54, 1.807) is 24.3 Å². The lowest BCUT2D eigenvalue weighted by Crippen LogP contribution is -2.43. The fraction of sp³-hybridized carbons (Fsp3) is 0.650. The average Bonchev–Trinajstić information content (AvgIpc) is 3.14. The summed E-state index contributed by atoms with van der Waals surface area (Å²) in [7, 11) is -3.54. The molecule has 0 radical (unpaired) electrons. The number of amides is 1. The van der Waals surface area contributed by atoms with Crippen LogP contribution in [0.1, 0.15) is 53.4 Å². The minimum absolute atomic E-state index is 0.104. The van der Waals surface area contributed by atoms with E-state index in [1.165, 1.54) is 17.1 Å². The average molecular weight is 396 g/mol. The second kappa shape index (κ2) is 9.66. The minimum Gasteiger partial charge on any atom is -0.325 e. The molecule has 27 heavy (non-hydrogen) atoms. The Labute approximate surface area is 164 Å². The minimum atomic E-state index is -3.54. The van der Waals surface area contributed by atoms with Crippen LogP contribution in [-0.2, 0) is 14.8 Å². The Morgan fingerprint density at radius 3 is 2.37 bits per heavy atom. The summed E-state index contributed by atoms with van der Waals surface area (Å²) in [5, 5.41) is 2.87. The lowest BCUT2D eigenvalue weighted by Gasteiger charge is -2.31. The van der Waals surface area contributed by atoms with E-state index in [-0.39, 0.29) is 10.8 Å². The van der Waals surface area contributed by atoms with Crippen LogP contribution in [0.5, 0.6) is 0 Å². The van der Waals surface area contributed by atoms with Crippen molar-refractivity contribution in [1.82, 2.24) is 9.21 Å². The molecule has 0 aromatic heterocycles. The van der Waals surface area contributed by atoms with E-state index in [1.807, 2.05) is 13.8 Å². The molecule has 0 atom stereocenters. The molecule has 0 unspecified atom stereocenters. The maximum absolute atomic E-state index is 12.7. The molecule has 0 heterocycles. The van der Waals surface area contributed by atoms with Gasteiger partial charge in [-0.2, -0.15) is 4.31 Å². The summed E-state index contributed by atoms with van der Waals surface area (Å²) in [6.07, 6.45) is 4.73. The summed E-state index contributed by atoms with van der Waals surface area (Å²) in [6.45, 7) is 9.02. The van der Waals surface area contributed by atoms with Gasteiger partial charge in [0.15, 0.2) is 0 Å². The number of hydrogen-bond donors (Lipinski definition) is 1. The third-order valence-corrected chi connectivity index (χ3v) is 7.29. The third-order valence-electron chi connectivity index (χ3n) is 5.24. The number of carbonyl (C=O) groups excluding carboxylic acids is 1. The molecule has 152 valence electrons. The van der Waals surface area contributed by atoms with Crippen LogP contribution >= 0.6 is 0 Å². The zero-order valence-corrected chi connectivity index (χ0v) is 17.8. The molecule has 7 heteroatoms. The normalized spacial score (nSPS) is 15.8. The molecule has 1 aliphatic carbocycles. The molecule has 0 spiro atoms. The third kappa shape index (κ3) is 5.53. The number of sulfonamides is 1. The molecule has 0 bridgehead atoms. The zero-order chi connectivity index (χ0) is 20.0. The van der Waals surface area contributed by atoms with Crippen LogP contribution in [0.4, 0.5) is 5.69 Å². The summed E-state index contributed by atoms with van der Waals surface area (Å²) < 4.78 is 26.8. The van der Waals surface area contributed by atoms with Crippen molar-refractivity contribution >= 4 is 21.6 Å². The quantitative estimate of drug-likeness (QED) is 0.696. The first-order valence-corrected chi connectivity index (χ1v) is 11.4. The Morgan fingerprint density at radius 2 is 1.81 bits per heavy atom. The standard InChI is InChI=1S/C20H33N3O3S/c1-5-22(6-2)27(25,26)19-13-9-10-17(14-19)21-20(24)15-23(16(3)4)18-11-7-8-12-18/h9-10,13-14,16,18H,5-8,11-12,15H2,1-4H3,(H,21,24). The predicted octanol–water partition coefficient (Wildman–Crippen LogP) is 3.31. The second-order valence-corrected chi connectivity index (χ2v) is 9.31. The Hall–Kier alpha value is -1.44. The van der Waals surface area contributed by atoms with E-state index in [0.29, 0.717) is 37.4 Å². The van der Waals surface area contributed by atoms with Crippen LogP contribution in [0.15, 0.2) is 29.2 Å². The van der Waals surface area contributed by atoms with Gasteiger partial charge in [-0.1, -0.05) is 32.8 Å². The summed E-state index contributed by atoms with van der Waals surface area (Å²) in [5.41, 5.74) is 0.517. The number of nitrogens with zero attached hydrogens (tertiary/aromatic N) is 2. The zero-order valence-electron chi connectivity index (χ0n) is 16.9. The number of anilines is 1. The lowest BCUT2D eigenvalue weighted by atomic mass is 10.1. The molecule has 2 rings (SSSR count). The molecule has 1 fully saturated rings. The van der Waals surface area contributed by atoms with Gasteiger partial charge in [0.2, 0.25) is 15.9 Å². The van der Waals surface area contributed by atoms with Gasteiger partial charge in [-0.15, -0.1) is 0 Å². The first kappa shape index (κ1) is 21.9. The van der Waals surface area contributed by atoms with Crippen molar-refractivity contribution in [2.75, 3.05) is 25.0 Å². The Morgan fingerprint density at radius 1 is 1.19 bits per heavy atom. The molecular weight excluding hydrogens is 362 g/mol. The van der Waals surface area contributed by atoms with Crippen molar-refractivity contribution in [2.24, 2.45) is 0 Å². The first-order valence-electron chi connectivity index (χ1n) is 9.95. The van der Waals surface area contributed by atoms with Crippen LogP contribution in [0.3, 0.4) is 0 Å². The van der Waals surface area contributed by atoms with Gasteiger partial charge < -0.3 is 5.32 Å². The van der Waals surface area contributed by atoms with Gasteiger partial charge in [-0.25, -0.2) is 8.42 Å². The monoisotopic (exact) mass is 395 g/mol. The Bertz CT molecular complexity index is 724. The molecule has 1 saturated carbocycles. The molecule has 1 aliphatic rings. The maximum atomic E-state index is 12.7. The van der Waals surface area contributed by atoms with Gasteiger partial charge in [-0.3, -0.25) is 9.69 Å². The molecule has 1 aromatic rings. The van der Waals surface area contributed by atoms with Crippen LogP contribution in [0.25, 0.3) is 0 Å². The van der Waals surface area contributed by atoms with Crippen molar-refractivity contribution in [3.05, 3.63) is 24.3 Å². The summed E-state index contributed by atoms with van der Waals surface area (Å²) in [5.74, 6) is -0.104. The van der Waals surface area contributed by atoms with Crippen LogP contribution in [0.2, 0.25) is 0 Å². The van der Waals surface area contributed by atoms with Crippen molar-refractivity contribution in [2.45, 2.75) is 70.4 Å². The van der Waals surface area contributed by atoms with E-state index in [4.69, 9.17) is 0 Å². The fourth-order valence-electron chi connectivity index (χ4n) is 3.78.